The van der Waals surface area contributed by atoms with Crippen LogP contribution in [0.2, 0.25) is 5.02 Å². The van der Waals surface area contributed by atoms with Gasteiger partial charge in [-0.2, -0.15) is 0 Å². The highest BCUT2D eigenvalue weighted by Crippen LogP contribution is 2.38. The average molecular weight is 505 g/mol. The molecule has 0 aliphatic rings. The maximum atomic E-state index is 11.5. The molecule has 3 aromatic carbocycles. The van der Waals surface area contributed by atoms with Gasteiger partial charge in [-0.25, -0.2) is 0 Å². The molecule has 0 aliphatic heterocycles. The molecule has 0 saturated carbocycles. The number of nitrogens with one attached hydrogen (secondary N) is 1. The van der Waals surface area contributed by atoms with Crippen molar-refractivity contribution in [1.82, 2.24) is 10.2 Å². The fraction of sp³-hybridized carbons (Fsp3) is 0.233. The topological polar surface area (TPSA) is 61.8 Å². The van der Waals surface area contributed by atoms with Crippen LogP contribution >= 0.6 is 11.6 Å². The molecule has 0 atom stereocenters. The maximum Gasteiger partial charge on any atom is 0.245 e. The molecule has 3 rings (SSSR count). The third-order valence-corrected chi connectivity index (χ3v) is 5.97. The lowest BCUT2D eigenvalue weighted by Gasteiger charge is -2.18. The van der Waals surface area contributed by atoms with Crippen molar-refractivity contribution in [2.75, 3.05) is 33.8 Å². The van der Waals surface area contributed by atoms with Gasteiger partial charge in [-0.3, -0.25) is 4.79 Å². The first kappa shape index (κ1) is 27.1. The van der Waals surface area contributed by atoms with E-state index in [1.54, 1.807) is 38.4 Å². The van der Waals surface area contributed by atoms with Gasteiger partial charge in [0.05, 0.1) is 5.02 Å². The second-order valence-electron chi connectivity index (χ2n) is 8.45. The van der Waals surface area contributed by atoms with Crippen LogP contribution in [0.3, 0.4) is 0 Å². The number of benzene rings is 3. The van der Waals surface area contributed by atoms with Crippen LogP contribution in [0.1, 0.15) is 30.0 Å². The molecule has 3 aromatic rings. The summed E-state index contributed by atoms with van der Waals surface area (Å²) in [5.41, 5.74) is 5.22. The van der Waals surface area contributed by atoms with Gasteiger partial charge in [0.1, 0.15) is 18.1 Å². The molecule has 2 N–H and O–H groups in total. The third-order valence-electron chi connectivity index (χ3n) is 5.65. The van der Waals surface area contributed by atoms with Crippen LogP contribution in [0, 0.1) is 0 Å². The van der Waals surface area contributed by atoms with Gasteiger partial charge < -0.3 is 20.1 Å². The monoisotopic (exact) mass is 504 g/mol. The lowest BCUT2D eigenvalue weighted by molar-refractivity contribution is -0.123. The molecular weight excluding hydrogens is 472 g/mol. The van der Waals surface area contributed by atoms with E-state index in [4.69, 9.17) is 16.3 Å². The maximum absolute atomic E-state index is 11.5. The van der Waals surface area contributed by atoms with Gasteiger partial charge in [-0.05, 0) is 59.0 Å². The Morgan fingerprint density at radius 1 is 1.03 bits per heavy atom. The van der Waals surface area contributed by atoms with Crippen molar-refractivity contribution in [3.05, 3.63) is 107 Å². The van der Waals surface area contributed by atoms with E-state index in [2.05, 4.69) is 24.4 Å². The highest BCUT2D eigenvalue weighted by atomic mass is 35.5. The van der Waals surface area contributed by atoms with E-state index in [0.29, 0.717) is 24.7 Å². The average Bonchev–Trinajstić information content (AvgIpc) is 2.88. The van der Waals surface area contributed by atoms with Crippen LogP contribution in [0.5, 0.6) is 11.5 Å². The van der Waals surface area contributed by atoms with Crippen molar-refractivity contribution in [3.8, 4) is 11.5 Å². The lowest BCUT2D eigenvalue weighted by atomic mass is 9.88. The molecule has 1 amide bonds. The number of rotatable bonds is 11. The molecule has 188 valence electrons. The lowest BCUT2D eigenvalue weighted by Crippen LogP contribution is -2.22. The molecule has 0 saturated heterocycles. The Hall–Kier alpha value is -3.54. The number of hydrogen-bond acceptors (Lipinski definition) is 4. The van der Waals surface area contributed by atoms with Gasteiger partial charge in [0.25, 0.3) is 0 Å². The molecule has 5 nitrogen and oxygen atoms in total. The predicted molar refractivity (Wildman–Crippen MR) is 148 cm³/mol. The number of ether oxygens (including phenoxy) is 1. The summed E-state index contributed by atoms with van der Waals surface area (Å²) in [5, 5.41) is 13.6. The van der Waals surface area contributed by atoms with E-state index in [9.17, 15) is 9.90 Å². The molecule has 0 aliphatic carbocycles. The molecule has 0 spiro atoms. The summed E-state index contributed by atoms with van der Waals surface area (Å²) < 4.78 is 5.89. The summed E-state index contributed by atoms with van der Waals surface area (Å²) in [6.45, 7) is 3.89. The number of hydrogen-bond donors (Lipinski definition) is 2. The first-order valence-electron chi connectivity index (χ1n) is 12.0. The second-order valence-corrected chi connectivity index (χ2v) is 8.86. The van der Waals surface area contributed by atoms with Crippen LogP contribution in [-0.4, -0.2) is 49.7 Å². The van der Waals surface area contributed by atoms with Crippen LogP contribution in [0.25, 0.3) is 11.1 Å². The Bertz CT molecular complexity index is 1200. The molecule has 36 heavy (non-hydrogen) atoms. The number of aromatic hydroxyl groups is 1. The number of amides is 1. The van der Waals surface area contributed by atoms with Crippen molar-refractivity contribution in [1.29, 1.82) is 0 Å². The standard InChI is InChI=1S/C30H33ClN2O3/c1-4-26(22-9-6-5-7-10-22)30(27-17-14-24(34)21-28(27)31)23-12-15-25(16-13-23)36-20-19-32-18-8-11-29(35)33(2)3/h5-17,21,32,34H,4,18-20H2,1-3H3. The van der Waals surface area contributed by atoms with Crippen LogP contribution in [0.4, 0.5) is 0 Å². The SMILES string of the molecule is CCC(=C(c1ccc(OCCNCC=CC(=O)N(C)C)cc1)c1ccc(O)cc1Cl)c1ccccc1. The summed E-state index contributed by atoms with van der Waals surface area (Å²) in [5.74, 6) is 0.874. The molecule has 0 heterocycles. The van der Waals surface area contributed by atoms with Gasteiger partial charge in [0, 0.05) is 38.8 Å². The van der Waals surface area contributed by atoms with Gasteiger partial charge >= 0.3 is 0 Å². The summed E-state index contributed by atoms with van der Waals surface area (Å²) in [7, 11) is 3.45. The Labute approximate surface area is 218 Å². The number of nitrogens with zero attached hydrogens (tertiary/aromatic N) is 1. The zero-order chi connectivity index (χ0) is 25.9. The molecule has 0 bridgehead atoms. The zero-order valence-corrected chi connectivity index (χ0v) is 21.8. The van der Waals surface area contributed by atoms with E-state index < -0.39 is 0 Å². The smallest absolute Gasteiger partial charge is 0.245 e. The first-order chi connectivity index (χ1) is 17.4. The minimum Gasteiger partial charge on any atom is -0.508 e. The number of carbonyl (C=O) groups excluding carboxylic acids is 1. The van der Waals surface area contributed by atoms with Crippen molar-refractivity contribution in [2.24, 2.45) is 0 Å². The molecular formula is C30H33ClN2O3. The van der Waals surface area contributed by atoms with E-state index in [-0.39, 0.29) is 11.7 Å². The van der Waals surface area contributed by atoms with Crippen molar-refractivity contribution >= 4 is 28.7 Å². The van der Waals surface area contributed by atoms with E-state index in [1.807, 2.05) is 48.5 Å². The number of carbonyl (C=O) groups is 1. The highest BCUT2D eigenvalue weighted by molar-refractivity contribution is 6.33. The van der Waals surface area contributed by atoms with E-state index >= 15 is 0 Å². The van der Waals surface area contributed by atoms with Crippen LogP contribution < -0.4 is 10.1 Å². The number of allylic oxidation sites excluding steroid dienone is 1. The third kappa shape index (κ3) is 7.48. The number of likely N-dealkylation sites (N-methyl/N-ethyl adjacent to an activating group) is 1. The molecule has 0 radical (unpaired) electrons. The van der Waals surface area contributed by atoms with Gasteiger partial charge in [0.2, 0.25) is 5.91 Å². The predicted octanol–water partition coefficient (Wildman–Crippen LogP) is 6.03. The summed E-state index contributed by atoms with van der Waals surface area (Å²) in [6.07, 6.45) is 4.17. The quantitative estimate of drug-likeness (QED) is 0.190. The normalized spacial score (nSPS) is 11.9. The van der Waals surface area contributed by atoms with Gasteiger partial charge in [-0.15, -0.1) is 0 Å². The fourth-order valence-electron chi connectivity index (χ4n) is 3.82. The summed E-state index contributed by atoms with van der Waals surface area (Å²) in [4.78, 5) is 13.1. The first-order valence-corrected chi connectivity index (χ1v) is 12.4. The molecule has 0 unspecified atom stereocenters. The van der Waals surface area contributed by atoms with E-state index in [0.717, 1.165) is 34.4 Å². The second kappa shape index (κ2) is 13.5. The minimum absolute atomic E-state index is 0.0337. The van der Waals surface area contributed by atoms with Crippen LogP contribution in [-0.2, 0) is 4.79 Å². The van der Waals surface area contributed by atoms with Crippen molar-refractivity contribution in [3.63, 3.8) is 0 Å². The Morgan fingerprint density at radius 2 is 1.75 bits per heavy atom. The number of phenols is 1. The van der Waals surface area contributed by atoms with Crippen molar-refractivity contribution < 1.29 is 14.6 Å². The molecule has 0 aromatic heterocycles. The minimum atomic E-state index is -0.0337. The van der Waals surface area contributed by atoms with Gasteiger partial charge in [-0.1, -0.05) is 67.1 Å². The van der Waals surface area contributed by atoms with Gasteiger partial charge in [0.15, 0.2) is 0 Å². The zero-order valence-electron chi connectivity index (χ0n) is 21.0. The molecule has 0 fully saturated rings. The fourth-order valence-corrected chi connectivity index (χ4v) is 4.09. The Morgan fingerprint density at radius 3 is 2.39 bits per heavy atom. The summed E-state index contributed by atoms with van der Waals surface area (Å²) >= 11 is 6.60. The van der Waals surface area contributed by atoms with Crippen LogP contribution in [0.15, 0.2) is 84.9 Å². The Balaban J connectivity index is 1.75. The largest absolute Gasteiger partial charge is 0.508 e. The Kier molecular flexibility index (Phi) is 10.2. The van der Waals surface area contributed by atoms with E-state index in [1.165, 1.54) is 10.5 Å². The highest BCUT2D eigenvalue weighted by Gasteiger charge is 2.16. The van der Waals surface area contributed by atoms with Crippen molar-refractivity contribution in [2.45, 2.75) is 13.3 Å². The summed E-state index contributed by atoms with van der Waals surface area (Å²) in [6, 6.07) is 23.4. The number of phenolic OH excluding ortho intramolecular Hbond substituents is 1. The number of halogens is 1. The molecule has 6 heteroatoms.